The SMILES string of the molecule is Cc1cnc(C(=O)N2CCCN(c3ccc(C)nn3)CC2)cn1. The highest BCUT2D eigenvalue weighted by atomic mass is 16.2. The van der Waals surface area contributed by atoms with Crippen molar-refractivity contribution in [3.8, 4) is 0 Å². The van der Waals surface area contributed by atoms with Gasteiger partial charge in [-0.25, -0.2) is 4.98 Å². The van der Waals surface area contributed by atoms with Gasteiger partial charge >= 0.3 is 0 Å². The smallest absolute Gasteiger partial charge is 0.274 e. The number of nitrogens with zero attached hydrogens (tertiary/aromatic N) is 6. The van der Waals surface area contributed by atoms with E-state index in [1.165, 1.54) is 0 Å². The zero-order valence-electron chi connectivity index (χ0n) is 13.4. The topological polar surface area (TPSA) is 75.1 Å². The van der Waals surface area contributed by atoms with Crippen molar-refractivity contribution in [3.63, 3.8) is 0 Å². The van der Waals surface area contributed by atoms with Gasteiger partial charge in [-0.2, -0.15) is 5.10 Å². The minimum atomic E-state index is -0.0608. The second kappa shape index (κ2) is 6.68. The summed E-state index contributed by atoms with van der Waals surface area (Å²) in [5.74, 6) is 0.800. The normalized spacial score (nSPS) is 15.4. The zero-order chi connectivity index (χ0) is 16.2. The lowest BCUT2D eigenvalue weighted by atomic mass is 10.3. The lowest BCUT2D eigenvalue weighted by Gasteiger charge is -2.22. The molecule has 1 aliphatic heterocycles. The molecular formula is C16H20N6O. The van der Waals surface area contributed by atoms with E-state index in [0.717, 1.165) is 36.7 Å². The number of rotatable bonds is 2. The van der Waals surface area contributed by atoms with Gasteiger partial charge in [0, 0.05) is 32.4 Å². The first-order valence-corrected chi connectivity index (χ1v) is 7.77. The summed E-state index contributed by atoms with van der Waals surface area (Å²) in [6, 6.07) is 3.93. The summed E-state index contributed by atoms with van der Waals surface area (Å²) in [5, 5.41) is 8.34. The van der Waals surface area contributed by atoms with Gasteiger partial charge in [0.15, 0.2) is 5.82 Å². The number of hydrogen-bond donors (Lipinski definition) is 0. The van der Waals surface area contributed by atoms with Crippen molar-refractivity contribution in [2.75, 3.05) is 31.1 Å². The van der Waals surface area contributed by atoms with Crippen LogP contribution in [0.4, 0.5) is 5.82 Å². The van der Waals surface area contributed by atoms with Gasteiger partial charge in [0.05, 0.1) is 17.6 Å². The third-order valence-electron chi connectivity index (χ3n) is 3.89. The maximum absolute atomic E-state index is 12.5. The van der Waals surface area contributed by atoms with Gasteiger partial charge in [-0.3, -0.25) is 9.78 Å². The van der Waals surface area contributed by atoms with Gasteiger partial charge in [0.25, 0.3) is 5.91 Å². The molecule has 0 aliphatic carbocycles. The van der Waals surface area contributed by atoms with E-state index in [0.29, 0.717) is 18.8 Å². The van der Waals surface area contributed by atoms with Crippen molar-refractivity contribution in [2.45, 2.75) is 20.3 Å². The summed E-state index contributed by atoms with van der Waals surface area (Å²) in [7, 11) is 0. The molecule has 7 heteroatoms. The van der Waals surface area contributed by atoms with Crippen molar-refractivity contribution >= 4 is 11.7 Å². The molecule has 1 fully saturated rings. The molecule has 3 heterocycles. The van der Waals surface area contributed by atoms with E-state index in [9.17, 15) is 4.79 Å². The molecule has 0 N–H and O–H groups in total. The van der Waals surface area contributed by atoms with Crippen molar-refractivity contribution in [1.29, 1.82) is 0 Å². The summed E-state index contributed by atoms with van der Waals surface area (Å²) < 4.78 is 0. The Kier molecular flexibility index (Phi) is 4.45. The van der Waals surface area contributed by atoms with Crippen LogP contribution in [-0.2, 0) is 0 Å². The summed E-state index contributed by atoms with van der Waals surface area (Å²) >= 11 is 0. The van der Waals surface area contributed by atoms with Crippen LogP contribution in [0.3, 0.4) is 0 Å². The van der Waals surface area contributed by atoms with E-state index in [1.54, 1.807) is 12.4 Å². The van der Waals surface area contributed by atoms with Crippen LogP contribution in [0.1, 0.15) is 28.3 Å². The molecule has 120 valence electrons. The number of carbonyl (C=O) groups excluding carboxylic acids is 1. The van der Waals surface area contributed by atoms with Crippen LogP contribution < -0.4 is 4.90 Å². The third-order valence-corrected chi connectivity index (χ3v) is 3.89. The first kappa shape index (κ1) is 15.3. The number of hydrogen-bond acceptors (Lipinski definition) is 6. The number of anilines is 1. The standard InChI is InChI=1S/C16H20N6O/c1-12-4-5-15(20-19-12)21-6-3-7-22(9-8-21)16(23)14-11-17-13(2)10-18-14/h4-5,10-11H,3,6-9H2,1-2H3. The Morgan fingerprint density at radius 1 is 0.957 bits per heavy atom. The lowest BCUT2D eigenvalue weighted by Crippen LogP contribution is -2.36. The quantitative estimate of drug-likeness (QED) is 0.830. The van der Waals surface area contributed by atoms with Gasteiger partial charge < -0.3 is 9.80 Å². The lowest BCUT2D eigenvalue weighted by molar-refractivity contribution is 0.0760. The Balaban J connectivity index is 1.67. The molecule has 2 aromatic rings. The van der Waals surface area contributed by atoms with Crippen molar-refractivity contribution in [3.05, 3.63) is 41.6 Å². The molecule has 0 radical (unpaired) electrons. The molecule has 3 rings (SSSR count). The van der Waals surface area contributed by atoms with E-state index < -0.39 is 0 Å². The number of carbonyl (C=O) groups is 1. The molecule has 0 unspecified atom stereocenters. The molecule has 2 aromatic heterocycles. The fraction of sp³-hybridized carbons (Fsp3) is 0.438. The van der Waals surface area contributed by atoms with Crippen LogP contribution >= 0.6 is 0 Å². The molecule has 0 atom stereocenters. The predicted molar refractivity (Wildman–Crippen MR) is 86.3 cm³/mol. The van der Waals surface area contributed by atoms with Gasteiger partial charge in [-0.15, -0.1) is 5.10 Å². The maximum Gasteiger partial charge on any atom is 0.274 e. The summed E-state index contributed by atoms with van der Waals surface area (Å²) in [4.78, 5) is 24.9. The summed E-state index contributed by atoms with van der Waals surface area (Å²) in [6.07, 6.45) is 4.06. The Morgan fingerprint density at radius 2 is 1.83 bits per heavy atom. The van der Waals surface area contributed by atoms with Crippen LogP contribution in [0, 0.1) is 13.8 Å². The van der Waals surface area contributed by atoms with Gasteiger partial charge in [-0.05, 0) is 32.4 Å². The molecule has 23 heavy (non-hydrogen) atoms. The fourth-order valence-electron chi connectivity index (χ4n) is 2.58. The second-order valence-corrected chi connectivity index (χ2v) is 5.71. The summed E-state index contributed by atoms with van der Waals surface area (Å²) in [5.41, 5.74) is 2.11. The van der Waals surface area contributed by atoms with Crippen LogP contribution in [-0.4, -0.2) is 57.2 Å². The molecule has 0 spiro atoms. The molecule has 0 saturated carbocycles. The summed E-state index contributed by atoms with van der Waals surface area (Å²) in [6.45, 7) is 6.73. The van der Waals surface area contributed by atoms with Crippen LogP contribution in [0.25, 0.3) is 0 Å². The fourth-order valence-corrected chi connectivity index (χ4v) is 2.58. The highest BCUT2D eigenvalue weighted by molar-refractivity contribution is 5.92. The number of amides is 1. The predicted octanol–water partition coefficient (Wildman–Crippen LogP) is 1.24. The van der Waals surface area contributed by atoms with E-state index in [1.807, 2.05) is 30.9 Å². The second-order valence-electron chi connectivity index (χ2n) is 5.71. The Bertz CT molecular complexity index is 670. The van der Waals surface area contributed by atoms with Crippen LogP contribution in [0.2, 0.25) is 0 Å². The van der Waals surface area contributed by atoms with E-state index in [-0.39, 0.29) is 5.91 Å². The van der Waals surface area contributed by atoms with Gasteiger partial charge in [-0.1, -0.05) is 0 Å². The molecule has 7 nitrogen and oxygen atoms in total. The third kappa shape index (κ3) is 3.61. The molecule has 1 aliphatic rings. The molecule has 0 bridgehead atoms. The molecule has 0 aromatic carbocycles. The number of aromatic nitrogens is 4. The Labute approximate surface area is 135 Å². The highest BCUT2D eigenvalue weighted by Gasteiger charge is 2.22. The van der Waals surface area contributed by atoms with Gasteiger partial charge in [0.1, 0.15) is 5.69 Å². The minimum Gasteiger partial charge on any atom is -0.353 e. The molecular weight excluding hydrogens is 292 g/mol. The largest absolute Gasteiger partial charge is 0.353 e. The highest BCUT2D eigenvalue weighted by Crippen LogP contribution is 2.14. The minimum absolute atomic E-state index is 0.0608. The first-order valence-electron chi connectivity index (χ1n) is 7.77. The van der Waals surface area contributed by atoms with Crippen molar-refractivity contribution in [2.24, 2.45) is 0 Å². The van der Waals surface area contributed by atoms with E-state index in [2.05, 4.69) is 25.1 Å². The van der Waals surface area contributed by atoms with Gasteiger partial charge in [0.2, 0.25) is 0 Å². The average molecular weight is 312 g/mol. The van der Waals surface area contributed by atoms with Crippen LogP contribution in [0.15, 0.2) is 24.5 Å². The van der Waals surface area contributed by atoms with Crippen molar-refractivity contribution < 1.29 is 4.79 Å². The Morgan fingerprint density at radius 3 is 2.52 bits per heavy atom. The van der Waals surface area contributed by atoms with Crippen LogP contribution in [0.5, 0.6) is 0 Å². The first-order chi connectivity index (χ1) is 11.1. The monoisotopic (exact) mass is 312 g/mol. The average Bonchev–Trinajstić information content (AvgIpc) is 2.82. The maximum atomic E-state index is 12.5. The number of aryl methyl sites for hydroxylation is 2. The zero-order valence-corrected chi connectivity index (χ0v) is 13.4. The molecule has 1 saturated heterocycles. The van der Waals surface area contributed by atoms with E-state index >= 15 is 0 Å². The van der Waals surface area contributed by atoms with Crippen molar-refractivity contribution in [1.82, 2.24) is 25.1 Å². The van der Waals surface area contributed by atoms with E-state index in [4.69, 9.17) is 0 Å². The Hall–Kier alpha value is -2.57. The molecule has 1 amide bonds.